The van der Waals surface area contributed by atoms with Crippen LogP contribution in [0, 0.1) is 0 Å². The topological polar surface area (TPSA) is 61.4 Å². The zero-order valence-electron chi connectivity index (χ0n) is 16.3. The van der Waals surface area contributed by atoms with Crippen LogP contribution in [0.15, 0.2) is 54.6 Å². The van der Waals surface area contributed by atoms with Gasteiger partial charge in [-0.1, -0.05) is 48.0 Å². The van der Waals surface area contributed by atoms with E-state index in [9.17, 15) is 9.59 Å². The van der Waals surface area contributed by atoms with Gasteiger partial charge in [0, 0.05) is 35.3 Å². The van der Waals surface area contributed by atoms with Crippen molar-refractivity contribution in [1.29, 1.82) is 0 Å². The predicted octanol–water partition coefficient (Wildman–Crippen LogP) is 3.38. The number of rotatable bonds is 6. The van der Waals surface area contributed by atoms with Gasteiger partial charge in [0.2, 0.25) is 5.91 Å². The lowest BCUT2D eigenvalue weighted by molar-refractivity contribution is -0.121. The number of carbonyl (C=O) groups excluding carboxylic acids is 2. The first-order chi connectivity index (χ1) is 14.1. The molecule has 6 heteroatoms. The summed E-state index contributed by atoms with van der Waals surface area (Å²) in [6, 6.07) is 18.5. The summed E-state index contributed by atoms with van der Waals surface area (Å²) in [7, 11) is 0. The van der Waals surface area contributed by atoms with Gasteiger partial charge in [-0.25, -0.2) is 0 Å². The highest BCUT2D eigenvalue weighted by atomic mass is 35.5. The van der Waals surface area contributed by atoms with E-state index in [1.165, 1.54) is 18.4 Å². The van der Waals surface area contributed by atoms with Crippen LogP contribution in [0.5, 0.6) is 0 Å². The van der Waals surface area contributed by atoms with Crippen LogP contribution in [0.25, 0.3) is 0 Å². The van der Waals surface area contributed by atoms with E-state index in [4.69, 9.17) is 11.6 Å². The Labute approximate surface area is 176 Å². The van der Waals surface area contributed by atoms with Crippen molar-refractivity contribution in [2.24, 2.45) is 0 Å². The molecule has 0 unspecified atom stereocenters. The fourth-order valence-electron chi connectivity index (χ4n) is 4.62. The minimum atomic E-state index is -0.291. The summed E-state index contributed by atoms with van der Waals surface area (Å²) >= 11 is 5.91. The Morgan fingerprint density at radius 2 is 1.72 bits per heavy atom. The van der Waals surface area contributed by atoms with Crippen LogP contribution < -0.4 is 10.6 Å². The number of nitrogens with one attached hydrogen (secondary N) is 2. The molecule has 2 aromatic carbocycles. The smallest absolute Gasteiger partial charge is 0.251 e. The maximum Gasteiger partial charge on any atom is 0.251 e. The Balaban J connectivity index is 1.26. The molecule has 2 fully saturated rings. The molecular formula is C23H26ClN3O2. The molecule has 152 valence electrons. The van der Waals surface area contributed by atoms with Gasteiger partial charge >= 0.3 is 0 Å². The average molecular weight is 412 g/mol. The summed E-state index contributed by atoms with van der Waals surface area (Å²) in [5, 5.41) is 6.29. The molecule has 2 heterocycles. The van der Waals surface area contributed by atoms with Gasteiger partial charge in [-0.2, -0.15) is 0 Å². The van der Waals surface area contributed by atoms with Gasteiger partial charge in [0.05, 0.1) is 6.54 Å². The van der Waals surface area contributed by atoms with Crippen molar-refractivity contribution < 1.29 is 9.59 Å². The third-order valence-corrected chi connectivity index (χ3v) is 6.19. The third-order valence-electron chi connectivity index (χ3n) is 5.95. The first kappa shape index (κ1) is 19.9. The minimum Gasteiger partial charge on any atom is -0.352 e. The number of benzene rings is 2. The molecule has 2 saturated heterocycles. The van der Waals surface area contributed by atoms with E-state index in [1.54, 1.807) is 24.3 Å². The molecular weight excluding hydrogens is 386 g/mol. The average Bonchev–Trinajstić information content (AvgIpc) is 2.95. The fraction of sp³-hybridized carbons (Fsp3) is 0.391. The first-order valence-electron chi connectivity index (χ1n) is 10.2. The van der Waals surface area contributed by atoms with E-state index in [0.717, 1.165) is 19.4 Å². The Hall–Kier alpha value is -2.37. The zero-order valence-corrected chi connectivity index (χ0v) is 17.1. The summed E-state index contributed by atoms with van der Waals surface area (Å²) in [4.78, 5) is 27.1. The van der Waals surface area contributed by atoms with Crippen LogP contribution in [0.4, 0.5) is 0 Å². The van der Waals surface area contributed by atoms with Crippen LogP contribution in [0.1, 0.15) is 41.6 Å². The van der Waals surface area contributed by atoms with E-state index in [2.05, 4.69) is 39.8 Å². The lowest BCUT2D eigenvalue weighted by atomic mass is 9.96. The molecule has 0 saturated carbocycles. The maximum atomic E-state index is 12.4. The van der Waals surface area contributed by atoms with E-state index in [1.807, 2.05) is 6.07 Å². The molecule has 2 aromatic rings. The molecule has 5 nitrogen and oxygen atoms in total. The number of hydrogen-bond donors (Lipinski definition) is 2. The monoisotopic (exact) mass is 411 g/mol. The van der Waals surface area contributed by atoms with E-state index in [0.29, 0.717) is 22.7 Å². The van der Waals surface area contributed by atoms with Crippen molar-refractivity contribution in [2.75, 3.05) is 6.54 Å². The quantitative estimate of drug-likeness (QED) is 0.766. The summed E-state index contributed by atoms with van der Waals surface area (Å²) in [6.45, 7) is 0.956. The Kier molecular flexibility index (Phi) is 6.16. The molecule has 0 aliphatic carbocycles. The molecule has 2 aliphatic heterocycles. The number of carbonyl (C=O) groups is 2. The Bertz CT molecular complexity index is 859. The third kappa shape index (κ3) is 4.98. The number of fused-ring (bicyclic) bond motifs is 2. The summed E-state index contributed by atoms with van der Waals surface area (Å²) in [5.41, 5.74) is 1.80. The molecule has 3 atom stereocenters. The van der Waals surface area contributed by atoms with Gasteiger partial charge in [-0.15, -0.1) is 0 Å². The highest BCUT2D eigenvalue weighted by Crippen LogP contribution is 2.36. The van der Waals surface area contributed by atoms with E-state index in [-0.39, 0.29) is 24.4 Å². The predicted molar refractivity (Wildman–Crippen MR) is 114 cm³/mol. The molecule has 2 amide bonds. The van der Waals surface area contributed by atoms with E-state index >= 15 is 0 Å². The molecule has 2 N–H and O–H groups in total. The van der Waals surface area contributed by atoms with Gasteiger partial charge < -0.3 is 10.6 Å². The van der Waals surface area contributed by atoms with Crippen LogP contribution in [-0.4, -0.2) is 41.4 Å². The highest BCUT2D eigenvalue weighted by Gasteiger charge is 2.40. The van der Waals surface area contributed by atoms with Crippen LogP contribution in [0.3, 0.4) is 0 Å². The van der Waals surface area contributed by atoms with E-state index < -0.39 is 0 Å². The van der Waals surface area contributed by atoms with Crippen LogP contribution >= 0.6 is 11.6 Å². The van der Waals surface area contributed by atoms with Crippen molar-refractivity contribution in [1.82, 2.24) is 15.5 Å². The highest BCUT2D eigenvalue weighted by molar-refractivity contribution is 6.30. The van der Waals surface area contributed by atoms with Gasteiger partial charge in [-0.3, -0.25) is 14.5 Å². The van der Waals surface area contributed by atoms with Crippen molar-refractivity contribution in [3.05, 3.63) is 70.7 Å². The Morgan fingerprint density at radius 3 is 2.41 bits per heavy atom. The minimum absolute atomic E-state index is 0.0229. The number of halogens is 1. The van der Waals surface area contributed by atoms with Gasteiger partial charge in [0.25, 0.3) is 5.91 Å². The molecule has 0 radical (unpaired) electrons. The van der Waals surface area contributed by atoms with Gasteiger partial charge in [-0.05, 0) is 49.4 Å². The first-order valence-corrected chi connectivity index (χ1v) is 10.6. The molecule has 2 aliphatic rings. The second-order valence-corrected chi connectivity index (χ2v) is 8.41. The fourth-order valence-corrected chi connectivity index (χ4v) is 4.81. The Morgan fingerprint density at radius 1 is 1.00 bits per heavy atom. The summed E-state index contributed by atoms with van der Waals surface area (Å²) < 4.78 is 0. The van der Waals surface area contributed by atoms with Crippen molar-refractivity contribution in [3.8, 4) is 0 Å². The van der Waals surface area contributed by atoms with Crippen molar-refractivity contribution in [3.63, 3.8) is 0 Å². The number of nitrogens with zero attached hydrogens (tertiary/aromatic N) is 1. The van der Waals surface area contributed by atoms with Crippen molar-refractivity contribution in [2.45, 2.75) is 50.4 Å². The lowest BCUT2D eigenvalue weighted by Gasteiger charge is -2.39. The molecule has 2 bridgehead atoms. The second-order valence-electron chi connectivity index (χ2n) is 7.97. The second kappa shape index (κ2) is 8.97. The van der Waals surface area contributed by atoms with Crippen LogP contribution in [-0.2, 0) is 11.3 Å². The number of amides is 2. The van der Waals surface area contributed by atoms with Crippen LogP contribution in [0.2, 0.25) is 5.02 Å². The normalized spacial score (nSPS) is 23.6. The van der Waals surface area contributed by atoms with Gasteiger partial charge in [0.1, 0.15) is 0 Å². The zero-order chi connectivity index (χ0) is 20.2. The summed E-state index contributed by atoms with van der Waals surface area (Å²) in [5.74, 6) is -0.429. The van der Waals surface area contributed by atoms with Gasteiger partial charge in [0.15, 0.2) is 0 Å². The lowest BCUT2D eigenvalue weighted by Crippen LogP contribution is -2.51. The molecule has 4 rings (SSSR count). The molecule has 0 aromatic heterocycles. The number of piperidine rings is 1. The maximum absolute atomic E-state index is 12.4. The van der Waals surface area contributed by atoms with Crippen molar-refractivity contribution >= 4 is 23.4 Å². The molecule has 0 spiro atoms. The number of hydrogen-bond acceptors (Lipinski definition) is 3. The SMILES string of the molecule is O=C(CNC(=O)c1cccc(Cl)c1)N[C@H]1C[C@H]2CC[C@@H](C1)N2Cc1ccccc1. The standard InChI is InChI=1S/C23H26ClN3O2/c24-18-8-4-7-17(11-18)23(29)25-14-22(28)26-19-12-20-9-10-21(13-19)27(20)15-16-5-2-1-3-6-16/h1-8,11,19-21H,9-10,12-15H2,(H,25,29)(H,26,28)/t19-,20+,21-. The summed E-state index contributed by atoms with van der Waals surface area (Å²) in [6.07, 6.45) is 4.32. The largest absolute Gasteiger partial charge is 0.352 e. The molecule has 29 heavy (non-hydrogen) atoms.